The number of hydrogen-bond acceptors (Lipinski definition) is 3. The van der Waals surface area contributed by atoms with Crippen molar-refractivity contribution in [1.82, 2.24) is 10.6 Å². The highest BCUT2D eigenvalue weighted by Crippen LogP contribution is 2.35. The zero-order chi connectivity index (χ0) is 22.1. The maximum atomic E-state index is 13.6. The Kier molecular flexibility index (Phi) is 8.51. The highest BCUT2D eigenvalue weighted by Gasteiger charge is 2.25. The molecule has 0 radical (unpaired) electrons. The van der Waals surface area contributed by atoms with Crippen molar-refractivity contribution in [3.63, 3.8) is 0 Å². The Hall–Kier alpha value is -2.76. The van der Waals surface area contributed by atoms with Crippen molar-refractivity contribution in [2.24, 2.45) is 5.92 Å². The lowest BCUT2D eigenvalue weighted by Gasteiger charge is -2.18. The van der Waals surface area contributed by atoms with Crippen LogP contribution in [0.15, 0.2) is 53.8 Å². The van der Waals surface area contributed by atoms with Crippen molar-refractivity contribution in [3.05, 3.63) is 64.9 Å². The first-order valence-corrected chi connectivity index (χ1v) is 10.3. The van der Waals surface area contributed by atoms with E-state index in [0.29, 0.717) is 12.3 Å². The van der Waals surface area contributed by atoms with E-state index in [2.05, 4.69) is 10.6 Å². The van der Waals surface area contributed by atoms with Crippen LogP contribution >= 0.6 is 0 Å². The Balaban J connectivity index is 2.50. The van der Waals surface area contributed by atoms with Crippen LogP contribution in [0.2, 0.25) is 0 Å². The van der Waals surface area contributed by atoms with Crippen molar-refractivity contribution in [3.8, 4) is 0 Å². The number of likely N-dealkylation sites (N-methyl/N-ethyl adjacent to an activating group) is 1. The second kappa shape index (κ2) is 10.9. The molecular formula is C24H30F2N2O2. The van der Waals surface area contributed by atoms with E-state index in [9.17, 15) is 18.4 Å². The Morgan fingerprint density at radius 3 is 2.33 bits per heavy atom. The summed E-state index contributed by atoms with van der Waals surface area (Å²) in [6.07, 6.45) is 10.8. The first kappa shape index (κ1) is 23.5. The van der Waals surface area contributed by atoms with Gasteiger partial charge in [0.25, 0.3) is 5.92 Å². The summed E-state index contributed by atoms with van der Waals surface area (Å²) in [5.74, 6) is -2.60. The van der Waals surface area contributed by atoms with E-state index in [-0.39, 0.29) is 11.6 Å². The van der Waals surface area contributed by atoms with E-state index in [1.165, 1.54) is 12.1 Å². The first-order valence-electron chi connectivity index (χ1n) is 10.3. The van der Waals surface area contributed by atoms with Gasteiger partial charge in [0.05, 0.1) is 0 Å². The van der Waals surface area contributed by atoms with Crippen LogP contribution in [0.3, 0.4) is 0 Å². The number of hydrogen-bond donors (Lipinski definition) is 2. The van der Waals surface area contributed by atoms with Gasteiger partial charge in [-0.3, -0.25) is 9.59 Å². The second-order valence-corrected chi connectivity index (χ2v) is 7.61. The number of halogens is 2. The highest BCUT2D eigenvalue weighted by atomic mass is 19.3. The fourth-order valence-corrected chi connectivity index (χ4v) is 3.27. The van der Waals surface area contributed by atoms with Gasteiger partial charge >= 0.3 is 0 Å². The Labute approximate surface area is 177 Å². The molecule has 1 aromatic rings. The molecule has 2 rings (SSSR count). The van der Waals surface area contributed by atoms with Crippen LogP contribution in [-0.4, -0.2) is 25.8 Å². The van der Waals surface area contributed by atoms with Crippen molar-refractivity contribution in [1.29, 1.82) is 0 Å². The number of rotatable bonds is 12. The van der Waals surface area contributed by atoms with Crippen LogP contribution in [-0.2, 0) is 15.5 Å². The maximum absolute atomic E-state index is 13.6. The molecule has 1 aromatic carbocycles. The molecule has 1 aliphatic carbocycles. The number of carbonyl (C=O) groups is 2. The standard InChI is InChI=1S/C24H30F2N2O2/c1-4-5-21(28-16-30)14-22(18-8-11-20(12-9-18)24(2,25)26)23(27-3)13-10-19(15-29)17-6-7-17/h8-17,21,27H,4-7H2,1-3H3,(H,28,30)/b19-10+,22-14-,23-13-. The molecule has 1 unspecified atom stereocenters. The average Bonchev–Trinajstić information content (AvgIpc) is 3.55. The largest absolute Gasteiger partial charge is 0.388 e. The molecule has 1 fully saturated rings. The Morgan fingerprint density at radius 2 is 1.87 bits per heavy atom. The number of nitrogens with one attached hydrogen (secondary N) is 2. The number of amides is 1. The van der Waals surface area contributed by atoms with Crippen molar-refractivity contribution in [2.75, 3.05) is 7.05 Å². The van der Waals surface area contributed by atoms with Crippen LogP contribution in [0.5, 0.6) is 0 Å². The minimum atomic E-state index is -2.92. The van der Waals surface area contributed by atoms with Crippen molar-refractivity contribution in [2.45, 2.75) is 51.5 Å². The molecule has 0 aromatic heterocycles. The first-order chi connectivity index (χ1) is 14.3. The van der Waals surface area contributed by atoms with Gasteiger partial charge in [-0.15, -0.1) is 0 Å². The van der Waals surface area contributed by atoms with Gasteiger partial charge in [0.2, 0.25) is 6.41 Å². The third-order valence-corrected chi connectivity index (χ3v) is 5.14. The maximum Gasteiger partial charge on any atom is 0.270 e. The summed E-state index contributed by atoms with van der Waals surface area (Å²) in [7, 11) is 1.77. The zero-order valence-corrected chi connectivity index (χ0v) is 17.8. The number of carbonyl (C=O) groups excluding carboxylic acids is 2. The summed E-state index contributed by atoms with van der Waals surface area (Å²) in [6, 6.07) is 5.92. The van der Waals surface area contributed by atoms with Crippen molar-refractivity contribution >= 4 is 18.3 Å². The van der Waals surface area contributed by atoms with Gasteiger partial charge in [-0.1, -0.05) is 49.8 Å². The van der Waals surface area contributed by atoms with Gasteiger partial charge in [-0.05, 0) is 42.4 Å². The number of allylic oxidation sites excluding steroid dienone is 4. The summed E-state index contributed by atoms with van der Waals surface area (Å²) < 4.78 is 27.3. The Bertz CT molecular complexity index is 817. The van der Waals surface area contributed by atoms with Gasteiger partial charge in [-0.2, -0.15) is 0 Å². The van der Waals surface area contributed by atoms with Crippen LogP contribution in [0.4, 0.5) is 8.78 Å². The molecule has 162 valence electrons. The molecule has 6 heteroatoms. The van der Waals surface area contributed by atoms with Crippen LogP contribution < -0.4 is 10.6 Å². The van der Waals surface area contributed by atoms with Gasteiger partial charge in [0.1, 0.15) is 6.29 Å². The lowest BCUT2D eigenvalue weighted by molar-refractivity contribution is -0.110. The van der Waals surface area contributed by atoms with Gasteiger partial charge in [0.15, 0.2) is 0 Å². The van der Waals surface area contributed by atoms with Crippen LogP contribution in [0.1, 0.15) is 50.7 Å². The highest BCUT2D eigenvalue weighted by molar-refractivity contribution is 5.81. The van der Waals surface area contributed by atoms with E-state index >= 15 is 0 Å². The zero-order valence-electron chi connectivity index (χ0n) is 17.8. The monoisotopic (exact) mass is 416 g/mol. The van der Waals surface area contributed by atoms with E-state index < -0.39 is 5.92 Å². The molecule has 0 heterocycles. The molecule has 0 spiro atoms. The van der Waals surface area contributed by atoms with Gasteiger partial charge in [-0.25, -0.2) is 8.78 Å². The molecule has 1 atom stereocenters. The lowest BCUT2D eigenvalue weighted by atomic mass is 9.96. The summed E-state index contributed by atoms with van der Waals surface area (Å²) >= 11 is 0. The van der Waals surface area contributed by atoms with Crippen LogP contribution in [0, 0.1) is 5.92 Å². The van der Waals surface area contributed by atoms with Gasteiger partial charge < -0.3 is 10.6 Å². The number of benzene rings is 1. The minimum Gasteiger partial charge on any atom is -0.388 e. The molecule has 1 saturated carbocycles. The van der Waals surface area contributed by atoms with Crippen LogP contribution in [0.25, 0.3) is 5.57 Å². The average molecular weight is 417 g/mol. The third kappa shape index (κ3) is 6.65. The summed E-state index contributed by atoms with van der Waals surface area (Å²) in [4.78, 5) is 22.4. The fourth-order valence-electron chi connectivity index (χ4n) is 3.27. The third-order valence-electron chi connectivity index (χ3n) is 5.14. The molecule has 0 aliphatic heterocycles. The summed E-state index contributed by atoms with van der Waals surface area (Å²) in [5, 5.41) is 5.94. The van der Waals surface area contributed by atoms with E-state index in [1.54, 1.807) is 25.3 Å². The molecule has 2 N–H and O–H groups in total. The summed E-state index contributed by atoms with van der Waals surface area (Å²) in [6.45, 7) is 2.89. The van der Waals surface area contributed by atoms with E-state index in [4.69, 9.17) is 0 Å². The van der Waals surface area contributed by atoms with E-state index in [1.807, 2.05) is 19.1 Å². The SMILES string of the molecule is CCCC(\C=C(/C(=C/C=C(\C=O)C1CC1)NC)c1ccc(C(C)(F)F)cc1)NC=O. The summed E-state index contributed by atoms with van der Waals surface area (Å²) in [5.41, 5.74) is 2.94. The molecule has 0 bridgehead atoms. The van der Waals surface area contributed by atoms with E-state index in [0.717, 1.165) is 61.3 Å². The molecule has 4 nitrogen and oxygen atoms in total. The van der Waals surface area contributed by atoms with Crippen molar-refractivity contribution < 1.29 is 18.4 Å². The smallest absolute Gasteiger partial charge is 0.270 e. The molecule has 1 aliphatic rings. The minimum absolute atomic E-state index is 0.0615. The number of alkyl halides is 2. The predicted molar refractivity (Wildman–Crippen MR) is 116 cm³/mol. The normalized spacial score (nSPS) is 16.8. The van der Waals surface area contributed by atoms with Gasteiger partial charge in [0, 0.05) is 36.8 Å². The molecule has 1 amide bonds. The molecule has 0 saturated heterocycles. The fraction of sp³-hybridized carbons (Fsp3) is 0.417. The quantitative estimate of drug-likeness (QED) is 0.294. The Morgan fingerprint density at radius 1 is 1.20 bits per heavy atom. The lowest BCUT2D eigenvalue weighted by Crippen LogP contribution is -2.26. The molecule has 30 heavy (non-hydrogen) atoms. The second-order valence-electron chi connectivity index (χ2n) is 7.61. The molecular weight excluding hydrogens is 386 g/mol. The topological polar surface area (TPSA) is 58.2 Å². The number of aldehydes is 1. The predicted octanol–water partition coefficient (Wildman–Crippen LogP) is 4.74.